The number of ether oxygens (including phenoxy) is 1. The van der Waals surface area contributed by atoms with Gasteiger partial charge in [-0.15, -0.1) is 0 Å². The van der Waals surface area contributed by atoms with E-state index in [1.165, 1.54) is 41.0 Å². The van der Waals surface area contributed by atoms with Gasteiger partial charge in [0.05, 0.1) is 10.5 Å². The zero-order valence-corrected chi connectivity index (χ0v) is 16.0. The largest absolute Gasteiger partial charge is 0.452 e. The zero-order chi connectivity index (χ0) is 20.0. The summed E-state index contributed by atoms with van der Waals surface area (Å²) in [7, 11) is -3.59. The van der Waals surface area contributed by atoms with Gasteiger partial charge in [0.25, 0.3) is 5.91 Å². The Labute approximate surface area is 163 Å². The maximum Gasteiger partial charge on any atom is 0.338 e. The molecule has 1 aromatic heterocycles. The molecule has 2 aromatic rings. The molecule has 1 saturated heterocycles. The van der Waals surface area contributed by atoms with Crippen LogP contribution in [0.5, 0.6) is 0 Å². The van der Waals surface area contributed by atoms with Crippen LogP contribution in [0.4, 0.5) is 5.69 Å². The Kier molecular flexibility index (Phi) is 6.37. The Morgan fingerprint density at radius 1 is 1.07 bits per heavy atom. The summed E-state index contributed by atoms with van der Waals surface area (Å²) in [6, 6.07) is 9.02. The first-order chi connectivity index (χ1) is 13.5. The van der Waals surface area contributed by atoms with Crippen LogP contribution in [0.25, 0.3) is 0 Å². The number of hydrogen-bond donors (Lipinski definition) is 1. The Hall–Kier alpha value is -2.78. The van der Waals surface area contributed by atoms with Crippen molar-refractivity contribution in [2.24, 2.45) is 0 Å². The maximum atomic E-state index is 12.7. The lowest BCUT2D eigenvalue weighted by atomic mass is 10.2. The molecule has 8 nitrogen and oxygen atoms in total. The first-order valence-electron chi connectivity index (χ1n) is 8.94. The first-order valence-corrected chi connectivity index (χ1v) is 10.4. The minimum absolute atomic E-state index is 0.126. The molecule has 2 heterocycles. The molecular formula is C19H21N3O5S. The molecule has 0 unspecified atom stereocenters. The van der Waals surface area contributed by atoms with Crippen molar-refractivity contribution >= 4 is 27.6 Å². The molecule has 1 aliphatic heterocycles. The fourth-order valence-electron chi connectivity index (χ4n) is 2.89. The molecule has 1 N–H and O–H groups in total. The van der Waals surface area contributed by atoms with Crippen LogP contribution in [0.3, 0.4) is 0 Å². The second-order valence-electron chi connectivity index (χ2n) is 6.35. The predicted molar refractivity (Wildman–Crippen MR) is 102 cm³/mol. The Morgan fingerprint density at radius 3 is 2.50 bits per heavy atom. The van der Waals surface area contributed by atoms with Crippen molar-refractivity contribution < 1.29 is 22.7 Å². The van der Waals surface area contributed by atoms with Crippen molar-refractivity contribution in [2.45, 2.75) is 24.2 Å². The van der Waals surface area contributed by atoms with E-state index in [2.05, 4.69) is 10.3 Å². The van der Waals surface area contributed by atoms with E-state index >= 15 is 0 Å². The van der Waals surface area contributed by atoms with Gasteiger partial charge in [-0.25, -0.2) is 13.2 Å². The number of carbonyl (C=O) groups is 2. The molecule has 0 radical (unpaired) electrons. The molecule has 0 bridgehead atoms. The molecule has 9 heteroatoms. The van der Waals surface area contributed by atoms with Crippen molar-refractivity contribution in [3.05, 3.63) is 54.4 Å². The smallest absolute Gasteiger partial charge is 0.338 e. The summed E-state index contributed by atoms with van der Waals surface area (Å²) in [6.45, 7) is 0.526. The average molecular weight is 403 g/mol. The predicted octanol–water partition coefficient (Wildman–Crippen LogP) is 2.05. The van der Waals surface area contributed by atoms with Gasteiger partial charge in [-0.05, 0) is 43.2 Å². The molecule has 1 fully saturated rings. The Bertz CT molecular complexity index is 941. The normalized spacial score (nSPS) is 15.0. The number of nitrogens with one attached hydrogen (secondary N) is 1. The zero-order valence-electron chi connectivity index (χ0n) is 15.2. The fourth-order valence-corrected chi connectivity index (χ4v) is 4.45. The van der Waals surface area contributed by atoms with Crippen LogP contribution in [-0.4, -0.2) is 49.3 Å². The molecule has 0 saturated carbocycles. The summed E-state index contributed by atoms with van der Waals surface area (Å²) in [5.41, 5.74) is 0.612. The average Bonchev–Trinajstić information content (AvgIpc) is 2.73. The van der Waals surface area contributed by atoms with Crippen molar-refractivity contribution in [2.75, 3.05) is 25.0 Å². The number of sulfonamides is 1. The number of carbonyl (C=O) groups excluding carboxylic acids is 2. The molecule has 1 aliphatic rings. The van der Waals surface area contributed by atoms with Crippen molar-refractivity contribution in [3.8, 4) is 0 Å². The molecule has 28 heavy (non-hydrogen) atoms. The van der Waals surface area contributed by atoms with Gasteiger partial charge in [-0.3, -0.25) is 9.78 Å². The van der Waals surface area contributed by atoms with Crippen molar-refractivity contribution in [3.63, 3.8) is 0 Å². The summed E-state index contributed by atoms with van der Waals surface area (Å²) < 4.78 is 31.9. The monoisotopic (exact) mass is 403 g/mol. The van der Waals surface area contributed by atoms with E-state index in [1.54, 1.807) is 12.1 Å². The van der Waals surface area contributed by atoms with Gasteiger partial charge in [0.15, 0.2) is 6.61 Å². The molecule has 3 rings (SSSR count). The summed E-state index contributed by atoms with van der Waals surface area (Å²) >= 11 is 0. The lowest BCUT2D eigenvalue weighted by Gasteiger charge is -2.26. The van der Waals surface area contributed by atoms with Crippen LogP contribution >= 0.6 is 0 Å². The number of pyridine rings is 1. The van der Waals surface area contributed by atoms with Gasteiger partial charge >= 0.3 is 5.97 Å². The van der Waals surface area contributed by atoms with Crippen LogP contribution in [-0.2, 0) is 19.6 Å². The van der Waals surface area contributed by atoms with E-state index in [9.17, 15) is 18.0 Å². The molecule has 1 aromatic carbocycles. The summed E-state index contributed by atoms with van der Waals surface area (Å²) in [5.74, 6) is -1.20. The number of piperidine rings is 1. The van der Waals surface area contributed by atoms with Crippen LogP contribution in [0.1, 0.15) is 29.6 Å². The number of aromatic nitrogens is 1. The van der Waals surface area contributed by atoms with Gasteiger partial charge < -0.3 is 10.1 Å². The Balaban J connectivity index is 1.61. The molecule has 148 valence electrons. The molecule has 0 aliphatic carbocycles. The van der Waals surface area contributed by atoms with Gasteiger partial charge in [0.2, 0.25) is 10.0 Å². The standard InChI is InChI=1S/C19H21N3O5S/c23-18(14-27-19(24)15-7-9-20-10-8-15)21-16-5-4-6-17(13-16)28(25,26)22-11-2-1-3-12-22/h4-10,13H,1-3,11-12,14H2,(H,21,23). The van der Waals surface area contributed by atoms with E-state index in [1.807, 2.05) is 0 Å². The highest BCUT2D eigenvalue weighted by Gasteiger charge is 2.26. The topological polar surface area (TPSA) is 106 Å². The van der Waals surface area contributed by atoms with Gasteiger partial charge in [-0.2, -0.15) is 4.31 Å². The SMILES string of the molecule is O=C(COC(=O)c1ccncc1)Nc1cccc(S(=O)(=O)N2CCCCC2)c1. The molecular weight excluding hydrogens is 382 g/mol. The maximum absolute atomic E-state index is 12.7. The third-order valence-corrected chi connectivity index (χ3v) is 6.22. The number of amides is 1. The lowest BCUT2D eigenvalue weighted by molar-refractivity contribution is -0.119. The van der Waals surface area contributed by atoms with E-state index in [0.717, 1.165) is 19.3 Å². The van der Waals surface area contributed by atoms with E-state index in [4.69, 9.17) is 4.74 Å². The number of nitrogens with zero attached hydrogens (tertiary/aromatic N) is 2. The molecule has 0 atom stereocenters. The second kappa shape index (κ2) is 8.94. The van der Waals surface area contributed by atoms with Crippen LogP contribution in [0.2, 0.25) is 0 Å². The number of esters is 1. The van der Waals surface area contributed by atoms with Crippen molar-refractivity contribution in [1.29, 1.82) is 0 Å². The molecule has 0 spiro atoms. The summed E-state index contributed by atoms with van der Waals surface area (Å²) in [4.78, 5) is 27.8. The number of anilines is 1. The van der Waals surface area contributed by atoms with Gasteiger partial charge in [0.1, 0.15) is 0 Å². The van der Waals surface area contributed by atoms with E-state index in [-0.39, 0.29) is 10.5 Å². The van der Waals surface area contributed by atoms with Crippen molar-refractivity contribution in [1.82, 2.24) is 9.29 Å². The highest BCUT2D eigenvalue weighted by atomic mass is 32.2. The lowest BCUT2D eigenvalue weighted by Crippen LogP contribution is -2.35. The van der Waals surface area contributed by atoms with Crippen LogP contribution in [0, 0.1) is 0 Å². The van der Waals surface area contributed by atoms with E-state index < -0.39 is 28.5 Å². The highest BCUT2D eigenvalue weighted by molar-refractivity contribution is 7.89. The summed E-state index contributed by atoms with van der Waals surface area (Å²) in [6.07, 6.45) is 5.62. The third kappa shape index (κ3) is 4.93. The quantitative estimate of drug-likeness (QED) is 0.740. The third-order valence-electron chi connectivity index (χ3n) is 4.32. The van der Waals surface area contributed by atoms with Gasteiger partial charge in [-0.1, -0.05) is 12.5 Å². The van der Waals surface area contributed by atoms with E-state index in [0.29, 0.717) is 18.8 Å². The first kappa shape index (κ1) is 20.0. The highest BCUT2D eigenvalue weighted by Crippen LogP contribution is 2.22. The second-order valence-corrected chi connectivity index (χ2v) is 8.29. The minimum atomic E-state index is -3.59. The van der Waals surface area contributed by atoms with Crippen LogP contribution < -0.4 is 5.32 Å². The minimum Gasteiger partial charge on any atom is -0.452 e. The number of hydrogen-bond acceptors (Lipinski definition) is 6. The summed E-state index contributed by atoms with van der Waals surface area (Å²) in [5, 5.41) is 2.55. The Morgan fingerprint density at radius 2 is 1.79 bits per heavy atom. The van der Waals surface area contributed by atoms with Gasteiger partial charge in [0, 0.05) is 31.2 Å². The number of benzene rings is 1. The fraction of sp³-hybridized carbons (Fsp3) is 0.316. The van der Waals surface area contributed by atoms with Crippen LogP contribution in [0.15, 0.2) is 53.7 Å². The molecule has 1 amide bonds. The number of rotatable bonds is 6.